The number of benzene rings is 2. The molecule has 6 nitrogen and oxygen atoms in total. The van der Waals surface area contributed by atoms with E-state index in [1.807, 2.05) is 31.2 Å². The van der Waals surface area contributed by atoms with Gasteiger partial charge in [0.1, 0.15) is 5.75 Å². The van der Waals surface area contributed by atoms with Crippen molar-refractivity contribution >= 4 is 15.9 Å². The molecule has 2 aromatic carbocycles. The molecule has 1 fully saturated rings. The highest BCUT2D eigenvalue weighted by Gasteiger charge is 2.40. The second-order valence-corrected chi connectivity index (χ2v) is 9.85. The van der Waals surface area contributed by atoms with Crippen LogP contribution in [0.5, 0.6) is 5.75 Å². The maximum Gasteiger partial charge on any atom is 0.417 e. The second kappa shape index (κ2) is 10.1. The largest absolute Gasteiger partial charge is 0.494 e. The Morgan fingerprint density at radius 2 is 1.70 bits per heavy atom. The fourth-order valence-electron chi connectivity index (χ4n) is 3.93. The second-order valence-electron chi connectivity index (χ2n) is 7.94. The number of amides is 1. The van der Waals surface area contributed by atoms with Crippen LogP contribution in [0.15, 0.2) is 53.4 Å². The van der Waals surface area contributed by atoms with Gasteiger partial charge in [0.25, 0.3) is 0 Å². The summed E-state index contributed by atoms with van der Waals surface area (Å²) in [6.45, 7) is 2.83. The molecule has 3 rings (SSSR count). The third-order valence-electron chi connectivity index (χ3n) is 5.64. The van der Waals surface area contributed by atoms with E-state index in [-0.39, 0.29) is 37.8 Å². The van der Waals surface area contributed by atoms with Crippen molar-refractivity contribution in [3.05, 3.63) is 59.7 Å². The van der Waals surface area contributed by atoms with E-state index in [9.17, 15) is 26.4 Å². The average molecular weight is 485 g/mol. The van der Waals surface area contributed by atoms with Crippen LogP contribution in [-0.4, -0.2) is 50.3 Å². The molecule has 10 heteroatoms. The third-order valence-corrected chi connectivity index (χ3v) is 7.60. The molecule has 1 aliphatic heterocycles. The number of ether oxygens (including phenoxy) is 1. The number of carbonyl (C=O) groups is 1. The number of carbonyl (C=O) groups excluding carboxylic acids is 1. The van der Waals surface area contributed by atoms with E-state index >= 15 is 0 Å². The first-order valence-corrected chi connectivity index (χ1v) is 12.1. The van der Waals surface area contributed by atoms with Crippen molar-refractivity contribution in [2.45, 2.75) is 37.4 Å². The van der Waals surface area contributed by atoms with Crippen LogP contribution in [0.3, 0.4) is 0 Å². The number of piperidine rings is 1. The van der Waals surface area contributed by atoms with Gasteiger partial charge in [0.15, 0.2) is 0 Å². The number of nitrogens with zero attached hydrogens (tertiary/aromatic N) is 2. The van der Waals surface area contributed by atoms with Gasteiger partial charge in [-0.1, -0.05) is 24.3 Å². The quantitative estimate of drug-likeness (QED) is 0.592. The van der Waals surface area contributed by atoms with Crippen molar-refractivity contribution in [1.29, 1.82) is 0 Å². The summed E-state index contributed by atoms with van der Waals surface area (Å²) in [6, 6.07) is 11.6. The van der Waals surface area contributed by atoms with Crippen LogP contribution in [0, 0.1) is 5.92 Å². The molecule has 0 atom stereocenters. The number of hydrogen-bond donors (Lipinski definition) is 0. The summed E-state index contributed by atoms with van der Waals surface area (Å²) in [5.74, 6) is 0.245. The first kappa shape index (κ1) is 25.0. The molecule has 0 aliphatic carbocycles. The lowest BCUT2D eigenvalue weighted by molar-refractivity contribution is -0.140. The van der Waals surface area contributed by atoms with Gasteiger partial charge < -0.3 is 9.64 Å². The normalized spacial score (nSPS) is 15.9. The van der Waals surface area contributed by atoms with E-state index in [0.717, 1.165) is 33.8 Å². The van der Waals surface area contributed by atoms with Crippen molar-refractivity contribution in [3.8, 4) is 5.75 Å². The molecule has 1 saturated heterocycles. The lowest BCUT2D eigenvalue weighted by Gasteiger charge is -2.33. The van der Waals surface area contributed by atoms with Crippen molar-refractivity contribution in [2.24, 2.45) is 5.92 Å². The highest BCUT2D eigenvalue weighted by Crippen LogP contribution is 2.36. The van der Waals surface area contributed by atoms with Crippen molar-refractivity contribution in [2.75, 3.05) is 26.7 Å². The zero-order valence-corrected chi connectivity index (χ0v) is 19.3. The van der Waals surface area contributed by atoms with Gasteiger partial charge in [0.2, 0.25) is 15.9 Å². The summed E-state index contributed by atoms with van der Waals surface area (Å²) in [7, 11) is -2.64. The highest BCUT2D eigenvalue weighted by atomic mass is 32.2. The standard InChI is InChI=1S/C23H27F3N2O4S/c1-3-32-19-10-8-17(9-11-19)16-27(2)22(29)18-12-14-28(15-13-18)33(30,31)21-7-5-4-6-20(21)23(24,25)26/h4-11,18H,3,12-16H2,1-2H3. The minimum atomic E-state index is -4.78. The molecule has 0 saturated carbocycles. The van der Waals surface area contributed by atoms with Gasteiger partial charge in [0, 0.05) is 32.6 Å². The van der Waals surface area contributed by atoms with E-state index in [0.29, 0.717) is 13.2 Å². The smallest absolute Gasteiger partial charge is 0.417 e. The molecule has 2 aromatic rings. The fraction of sp³-hybridized carbons (Fsp3) is 0.435. The minimum absolute atomic E-state index is 0.0121. The molecule has 0 radical (unpaired) electrons. The predicted octanol–water partition coefficient (Wildman–Crippen LogP) is 4.16. The lowest BCUT2D eigenvalue weighted by Crippen LogP contribution is -2.43. The molecule has 1 aliphatic rings. The first-order chi connectivity index (χ1) is 15.5. The number of alkyl halides is 3. The molecule has 0 unspecified atom stereocenters. The Balaban J connectivity index is 1.63. The third kappa shape index (κ3) is 5.86. The first-order valence-electron chi connectivity index (χ1n) is 10.7. The van der Waals surface area contributed by atoms with E-state index in [1.165, 1.54) is 6.07 Å². The average Bonchev–Trinajstić information content (AvgIpc) is 2.79. The molecule has 1 heterocycles. The molecule has 180 valence electrons. The van der Waals surface area contributed by atoms with E-state index < -0.39 is 26.7 Å². The van der Waals surface area contributed by atoms with Gasteiger partial charge in [-0.2, -0.15) is 17.5 Å². The number of sulfonamides is 1. The zero-order chi connectivity index (χ0) is 24.2. The fourth-order valence-corrected chi connectivity index (χ4v) is 5.61. The Morgan fingerprint density at radius 3 is 2.27 bits per heavy atom. The Bertz CT molecular complexity index is 1060. The van der Waals surface area contributed by atoms with E-state index in [2.05, 4.69) is 0 Å². The van der Waals surface area contributed by atoms with Crippen molar-refractivity contribution in [1.82, 2.24) is 9.21 Å². The summed E-state index contributed by atoms with van der Waals surface area (Å²) in [4.78, 5) is 13.7. The van der Waals surface area contributed by atoms with E-state index in [1.54, 1.807) is 11.9 Å². The molecule has 1 amide bonds. The maximum absolute atomic E-state index is 13.3. The Morgan fingerprint density at radius 1 is 1.09 bits per heavy atom. The Labute approximate surface area is 192 Å². The predicted molar refractivity (Wildman–Crippen MR) is 117 cm³/mol. The van der Waals surface area contributed by atoms with Crippen LogP contribution in [0.1, 0.15) is 30.9 Å². The number of hydrogen-bond acceptors (Lipinski definition) is 4. The van der Waals surface area contributed by atoms with Crippen molar-refractivity contribution < 1.29 is 31.1 Å². The topological polar surface area (TPSA) is 66.9 Å². The summed E-state index contributed by atoms with van der Waals surface area (Å²) < 4.78 is 72.2. The van der Waals surface area contributed by atoms with Gasteiger partial charge in [-0.3, -0.25) is 4.79 Å². The summed E-state index contributed by atoms with van der Waals surface area (Å²) in [6.07, 6.45) is -4.28. The van der Waals surface area contributed by atoms with Crippen LogP contribution in [0.2, 0.25) is 0 Å². The molecule has 0 aromatic heterocycles. The summed E-state index contributed by atoms with van der Waals surface area (Å²) >= 11 is 0. The monoisotopic (exact) mass is 484 g/mol. The van der Waals surface area contributed by atoms with Crippen LogP contribution in [-0.2, 0) is 27.5 Å². The SMILES string of the molecule is CCOc1ccc(CN(C)C(=O)C2CCN(S(=O)(=O)c3ccccc3C(F)(F)F)CC2)cc1. The highest BCUT2D eigenvalue weighted by molar-refractivity contribution is 7.89. The molecular weight excluding hydrogens is 457 g/mol. The molecule has 33 heavy (non-hydrogen) atoms. The molecule has 0 bridgehead atoms. The zero-order valence-electron chi connectivity index (χ0n) is 18.5. The molecule has 0 spiro atoms. The van der Waals surface area contributed by atoms with Gasteiger partial charge >= 0.3 is 6.18 Å². The number of rotatable bonds is 7. The van der Waals surface area contributed by atoms with Gasteiger partial charge in [-0.15, -0.1) is 0 Å². The Hall–Kier alpha value is -2.59. The summed E-state index contributed by atoms with van der Waals surface area (Å²) in [5, 5.41) is 0. The molecule has 0 N–H and O–H groups in total. The number of halogens is 3. The maximum atomic E-state index is 13.3. The van der Waals surface area contributed by atoms with Crippen LogP contribution in [0.4, 0.5) is 13.2 Å². The summed E-state index contributed by atoms with van der Waals surface area (Å²) in [5.41, 5.74) is -0.253. The Kier molecular flexibility index (Phi) is 7.69. The van der Waals surface area contributed by atoms with Crippen molar-refractivity contribution in [3.63, 3.8) is 0 Å². The van der Waals surface area contributed by atoms with Gasteiger partial charge in [0.05, 0.1) is 17.1 Å². The van der Waals surface area contributed by atoms with Crippen LogP contribution in [0.25, 0.3) is 0 Å². The van der Waals surface area contributed by atoms with E-state index in [4.69, 9.17) is 4.74 Å². The van der Waals surface area contributed by atoms with Gasteiger partial charge in [-0.05, 0) is 49.6 Å². The van der Waals surface area contributed by atoms with Crippen LogP contribution < -0.4 is 4.74 Å². The lowest BCUT2D eigenvalue weighted by atomic mass is 9.96. The van der Waals surface area contributed by atoms with Gasteiger partial charge in [-0.25, -0.2) is 8.42 Å². The van der Waals surface area contributed by atoms with Crippen LogP contribution >= 0.6 is 0 Å². The minimum Gasteiger partial charge on any atom is -0.494 e. The molecular formula is C23H27F3N2O4S.